The highest BCUT2D eigenvalue weighted by molar-refractivity contribution is 7.89. The van der Waals surface area contributed by atoms with E-state index in [-0.39, 0.29) is 41.5 Å². The quantitative estimate of drug-likeness (QED) is 0.639. The lowest BCUT2D eigenvalue weighted by molar-refractivity contribution is -0.126. The Morgan fingerprint density at radius 2 is 1.89 bits per heavy atom. The molecule has 1 amide bonds. The van der Waals surface area contributed by atoms with Crippen molar-refractivity contribution in [2.75, 3.05) is 26.2 Å². The maximum Gasteiger partial charge on any atom is 0.337 e. The lowest BCUT2D eigenvalue weighted by Gasteiger charge is -2.30. The summed E-state index contributed by atoms with van der Waals surface area (Å²) in [6, 6.07) is 5.56. The molecule has 0 atom stereocenters. The number of sulfonamides is 1. The predicted molar refractivity (Wildman–Crippen MR) is 99.0 cm³/mol. The molecule has 0 radical (unpaired) electrons. The van der Waals surface area contributed by atoms with E-state index in [0.29, 0.717) is 26.0 Å². The molecule has 1 aromatic rings. The number of ether oxygens (including phenoxy) is 1. The maximum atomic E-state index is 12.8. The molecule has 1 saturated heterocycles. The van der Waals surface area contributed by atoms with Gasteiger partial charge < -0.3 is 15.2 Å². The van der Waals surface area contributed by atoms with Crippen molar-refractivity contribution in [3.05, 3.63) is 29.8 Å². The average molecular weight is 398 g/mol. The Kier molecular flexibility index (Phi) is 7.34. The van der Waals surface area contributed by atoms with E-state index in [1.807, 2.05) is 13.8 Å². The third-order valence-corrected chi connectivity index (χ3v) is 6.37. The molecule has 9 heteroatoms. The van der Waals surface area contributed by atoms with Crippen LogP contribution in [0.15, 0.2) is 29.2 Å². The summed E-state index contributed by atoms with van der Waals surface area (Å²) in [5, 5.41) is 12.0. The first-order valence-corrected chi connectivity index (χ1v) is 10.4. The first-order valence-electron chi connectivity index (χ1n) is 8.95. The smallest absolute Gasteiger partial charge is 0.337 e. The summed E-state index contributed by atoms with van der Waals surface area (Å²) < 4.78 is 32.2. The third-order valence-electron chi connectivity index (χ3n) is 4.41. The van der Waals surface area contributed by atoms with Gasteiger partial charge in [-0.25, -0.2) is 13.2 Å². The monoisotopic (exact) mass is 398 g/mol. The fraction of sp³-hybridized carbons (Fsp3) is 0.556. The van der Waals surface area contributed by atoms with Crippen LogP contribution < -0.4 is 5.32 Å². The van der Waals surface area contributed by atoms with Crippen molar-refractivity contribution in [3.63, 3.8) is 0 Å². The van der Waals surface area contributed by atoms with Crippen LogP contribution in [0.2, 0.25) is 0 Å². The second kappa shape index (κ2) is 9.29. The average Bonchev–Trinajstić information content (AvgIpc) is 2.65. The fourth-order valence-electron chi connectivity index (χ4n) is 2.98. The van der Waals surface area contributed by atoms with Gasteiger partial charge >= 0.3 is 5.97 Å². The minimum Gasteiger partial charge on any atom is -0.478 e. The Hall–Kier alpha value is -1.97. The molecule has 2 rings (SSSR count). The minimum absolute atomic E-state index is 0.101. The molecule has 1 fully saturated rings. The van der Waals surface area contributed by atoms with Crippen molar-refractivity contribution in [1.29, 1.82) is 0 Å². The maximum absolute atomic E-state index is 12.8. The van der Waals surface area contributed by atoms with Crippen molar-refractivity contribution in [2.24, 2.45) is 5.92 Å². The molecule has 0 bridgehead atoms. The van der Waals surface area contributed by atoms with Crippen molar-refractivity contribution < 1.29 is 27.9 Å². The van der Waals surface area contributed by atoms with Gasteiger partial charge in [-0.2, -0.15) is 4.31 Å². The lowest BCUT2D eigenvalue weighted by atomic mass is 9.97. The Balaban J connectivity index is 1.95. The van der Waals surface area contributed by atoms with Crippen LogP contribution in [0.25, 0.3) is 0 Å². The van der Waals surface area contributed by atoms with Crippen LogP contribution in [-0.4, -0.2) is 62.1 Å². The van der Waals surface area contributed by atoms with Gasteiger partial charge in [0, 0.05) is 25.6 Å². The van der Waals surface area contributed by atoms with Crippen LogP contribution in [0.3, 0.4) is 0 Å². The van der Waals surface area contributed by atoms with Crippen LogP contribution in [-0.2, 0) is 19.6 Å². The number of piperidine rings is 1. The van der Waals surface area contributed by atoms with Gasteiger partial charge in [-0.15, -0.1) is 0 Å². The molecule has 1 heterocycles. The number of nitrogens with zero attached hydrogens (tertiary/aromatic N) is 1. The van der Waals surface area contributed by atoms with Gasteiger partial charge in [0.1, 0.15) is 0 Å². The van der Waals surface area contributed by atoms with Crippen LogP contribution in [0.4, 0.5) is 0 Å². The van der Waals surface area contributed by atoms with E-state index in [9.17, 15) is 23.1 Å². The van der Waals surface area contributed by atoms with Gasteiger partial charge in [-0.1, -0.05) is 12.1 Å². The fourth-order valence-corrected chi connectivity index (χ4v) is 4.63. The number of carboxylic acid groups (broad SMARTS) is 1. The van der Waals surface area contributed by atoms with Crippen LogP contribution >= 0.6 is 0 Å². The van der Waals surface area contributed by atoms with E-state index >= 15 is 0 Å². The van der Waals surface area contributed by atoms with Crippen molar-refractivity contribution in [2.45, 2.75) is 37.7 Å². The zero-order chi connectivity index (χ0) is 20.0. The number of amides is 1. The molecule has 0 aliphatic carbocycles. The minimum atomic E-state index is -3.92. The molecule has 27 heavy (non-hydrogen) atoms. The Morgan fingerprint density at radius 3 is 2.48 bits per heavy atom. The van der Waals surface area contributed by atoms with Gasteiger partial charge in [0.15, 0.2) is 0 Å². The molecule has 1 aliphatic heterocycles. The van der Waals surface area contributed by atoms with Crippen LogP contribution in [0, 0.1) is 5.92 Å². The molecular weight excluding hydrogens is 372 g/mol. The highest BCUT2D eigenvalue weighted by Crippen LogP contribution is 2.26. The van der Waals surface area contributed by atoms with E-state index in [1.165, 1.54) is 28.6 Å². The SMILES string of the molecule is CC(C)OCCNC(=O)C1CCN(S(=O)(=O)c2ccccc2C(=O)O)CC1. The highest BCUT2D eigenvalue weighted by Gasteiger charge is 2.33. The number of hydrogen-bond acceptors (Lipinski definition) is 5. The first-order chi connectivity index (χ1) is 12.7. The van der Waals surface area contributed by atoms with Crippen LogP contribution in [0.5, 0.6) is 0 Å². The Morgan fingerprint density at radius 1 is 1.26 bits per heavy atom. The van der Waals surface area contributed by atoms with Gasteiger partial charge in [0.25, 0.3) is 0 Å². The molecular formula is C18H26N2O6S. The topological polar surface area (TPSA) is 113 Å². The number of carboxylic acids is 1. The van der Waals surface area contributed by atoms with Crippen molar-refractivity contribution in [1.82, 2.24) is 9.62 Å². The summed E-state index contributed by atoms with van der Waals surface area (Å²) in [6.45, 7) is 5.04. The third kappa shape index (κ3) is 5.50. The van der Waals surface area contributed by atoms with E-state index in [2.05, 4.69) is 5.32 Å². The number of carbonyl (C=O) groups is 2. The number of carbonyl (C=O) groups excluding carboxylic acids is 1. The van der Waals surface area contributed by atoms with Gasteiger partial charge in [0.05, 0.1) is 23.2 Å². The van der Waals surface area contributed by atoms with E-state index in [1.54, 1.807) is 0 Å². The zero-order valence-electron chi connectivity index (χ0n) is 15.6. The Bertz CT molecular complexity index is 770. The molecule has 1 aromatic carbocycles. The van der Waals surface area contributed by atoms with Gasteiger partial charge in [0.2, 0.25) is 15.9 Å². The van der Waals surface area contributed by atoms with Gasteiger partial charge in [-0.05, 0) is 38.8 Å². The molecule has 8 nitrogen and oxygen atoms in total. The number of rotatable bonds is 8. The molecule has 0 spiro atoms. The number of hydrogen-bond donors (Lipinski definition) is 2. The molecule has 2 N–H and O–H groups in total. The summed E-state index contributed by atoms with van der Waals surface area (Å²) in [7, 11) is -3.92. The second-order valence-electron chi connectivity index (χ2n) is 6.69. The summed E-state index contributed by atoms with van der Waals surface area (Å²) in [6.07, 6.45) is 0.889. The summed E-state index contributed by atoms with van der Waals surface area (Å²) in [4.78, 5) is 23.3. The molecule has 0 saturated carbocycles. The van der Waals surface area contributed by atoms with E-state index in [4.69, 9.17) is 4.74 Å². The number of nitrogens with one attached hydrogen (secondary N) is 1. The summed E-state index contributed by atoms with van der Waals surface area (Å²) in [5.41, 5.74) is -0.248. The molecule has 0 aromatic heterocycles. The zero-order valence-corrected chi connectivity index (χ0v) is 16.4. The number of aromatic carboxylic acids is 1. The normalized spacial score (nSPS) is 16.4. The van der Waals surface area contributed by atoms with E-state index in [0.717, 1.165) is 0 Å². The van der Waals surface area contributed by atoms with Gasteiger partial charge in [-0.3, -0.25) is 4.79 Å². The molecule has 150 valence electrons. The molecule has 0 unspecified atom stereocenters. The van der Waals surface area contributed by atoms with Crippen molar-refractivity contribution >= 4 is 21.9 Å². The largest absolute Gasteiger partial charge is 0.478 e. The van der Waals surface area contributed by atoms with Crippen molar-refractivity contribution in [3.8, 4) is 0 Å². The molecule has 1 aliphatic rings. The summed E-state index contributed by atoms with van der Waals surface area (Å²) in [5.74, 6) is -1.65. The highest BCUT2D eigenvalue weighted by atomic mass is 32.2. The first kappa shape index (κ1) is 21.3. The van der Waals surface area contributed by atoms with E-state index < -0.39 is 16.0 Å². The van der Waals surface area contributed by atoms with Crippen LogP contribution in [0.1, 0.15) is 37.0 Å². The predicted octanol–water partition coefficient (Wildman–Crippen LogP) is 1.33. The lowest BCUT2D eigenvalue weighted by Crippen LogP contribution is -2.43. The Labute approximate surface area is 159 Å². The summed E-state index contributed by atoms with van der Waals surface area (Å²) >= 11 is 0. The second-order valence-corrected chi connectivity index (χ2v) is 8.60. The standard InChI is InChI=1S/C18H26N2O6S/c1-13(2)26-12-9-19-17(21)14-7-10-20(11-8-14)27(24,25)16-6-4-3-5-15(16)18(22)23/h3-6,13-14H,7-12H2,1-2H3,(H,19,21)(H,22,23). The number of benzene rings is 1.